The lowest BCUT2D eigenvalue weighted by Gasteiger charge is -2.02. The summed E-state index contributed by atoms with van der Waals surface area (Å²) in [5.74, 6) is 0.628. The molecule has 2 aromatic rings. The summed E-state index contributed by atoms with van der Waals surface area (Å²) < 4.78 is 5.80. The van der Waals surface area contributed by atoms with Crippen LogP contribution in [0, 0.1) is 0 Å². The highest BCUT2D eigenvalue weighted by molar-refractivity contribution is 9.10. The predicted molar refractivity (Wildman–Crippen MR) is 56.6 cm³/mol. The molecule has 1 heterocycles. The van der Waals surface area contributed by atoms with Crippen molar-refractivity contribution in [2.75, 3.05) is 7.11 Å². The van der Waals surface area contributed by atoms with E-state index >= 15 is 0 Å². The Kier molecular flexibility index (Phi) is 2.25. The molecule has 0 aliphatic rings. The monoisotopic (exact) mass is 254 g/mol. The van der Waals surface area contributed by atoms with Gasteiger partial charge in [0.15, 0.2) is 0 Å². The maximum atomic E-state index is 11.4. The second kappa shape index (κ2) is 3.42. The van der Waals surface area contributed by atoms with Crippen molar-refractivity contribution in [1.82, 2.24) is 9.97 Å². The van der Waals surface area contributed by atoms with Gasteiger partial charge < -0.3 is 9.72 Å². The van der Waals surface area contributed by atoms with Gasteiger partial charge in [-0.05, 0) is 28.1 Å². The van der Waals surface area contributed by atoms with Crippen molar-refractivity contribution >= 4 is 26.8 Å². The maximum Gasteiger partial charge on any atom is 0.258 e. The van der Waals surface area contributed by atoms with E-state index in [1.807, 2.05) is 0 Å². The van der Waals surface area contributed by atoms with Crippen molar-refractivity contribution in [3.05, 3.63) is 33.3 Å². The third kappa shape index (κ3) is 1.39. The molecule has 14 heavy (non-hydrogen) atoms. The van der Waals surface area contributed by atoms with Crippen LogP contribution < -0.4 is 10.3 Å². The van der Waals surface area contributed by atoms with E-state index in [2.05, 4.69) is 25.9 Å². The van der Waals surface area contributed by atoms with E-state index in [0.29, 0.717) is 16.7 Å². The van der Waals surface area contributed by atoms with E-state index in [-0.39, 0.29) is 5.56 Å². The number of aromatic nitrogens is 2. The number of hydrogen-bond acceptors (Lipinski definition) is 3. The summed E-state index contributed by atoms with van der Waals surface area (Å²) >= 11 is 3.33. The molecule has 0 aliphatic heterocycles. The zero-order valence-electron chi connectivity index (χ0n) is 7.37. The van der Waals surface area contributed by atoms with Crippen molar-refractivity contribution in [2.24, 2.45) is 0 Å². The summed E-state index contributed by atoms with van der Waals surface area (Å²) in [6.07, 6.45) is 1.38. The second-order valence-electron chi connectivity index (χ2n) is 2.74. The Balaban J connectivity index is 2.91. The van der Waals surface area contributed by atoms with Crippen molar-refractivity contribution in [3.63, 3.8) is 0 Å². The Morgan fingerprint density at radius 2 is 2.29 bits per heavy atom. The average Bonchev–Trinajstić information content (AvgIpc) is 2.19. The minimum atomic E-state index is -0.172. The molecule has 1 N–H and O–H groups in total. The molecule has 5 heteroatoms. The molecule has 0 saturated carbocycles. The SMILES string of the molecule is COc1cc(Br)c2nc[nH]c(=O)c2c1. The van der Waals surface area contributed by atoms with Crippen LogP contribution in [0.3, 0.4) is 0 Å². The summed E-state index contributed by atoms with van der Waals surface area (Å²) in [6, 6.07) is 3.43. The molecule has 1 aromatic carbocycles. The minimum Gasteiger partial charge on any atom is -0.497 e. The van der Waals surface area contributed by atoms with Gasteiger partial charge in [-0.3, -0.25) is 4.79 Å². The first-order valence-corrected chi connectivity index (χ1v) is 4.72. The molecule has 0 atom stereocenters. The number of ether oxygens (including phenoxy) is 1. The number of fused-ring (bicyclic) bond motifs is 1. The number of halogens is 1. The van der Waals surface area contributed by atoms with Crippen LogP contribution in [0.1, 0.15) is 0 Å². The molecule has 4 nitrogen and oxygen atoms in total. The fourth-order valence-electron chi connectivity index (χ4n) is 1.23. The van der Waals surface area contributed by atoms with E-state index < -0.39 is 0 Å². The molecule has 0 radical (unpaired) electrons. The van der Waals surface area contributed by atoms with Crippen LogP contribution in [-0.4, -0.2) is 17.1 Å². The molecule has 72 valence electrons. The highest BCUT2D eigenvalue weighted by atomic mass is 79.9. The van der Waals surface area contributed by atoms with Gasteiger partial charge in [0.25, 0.3) is 5.56 Å². The molecular weight excluding hydrogens is 248 g/mol. The van der Waals surface area contributed by atoms with Gasteiger partial charge in [0.05, 0.1) is 24.3 Å². The third-order valence-corrected chi connectivity index (χ3v) is 2.51. The first-order valence-electron chi connectivity index (χ1n) is 3.93. The molecule has 1 aromatic heterocycles. The fraction of sp³-hybridized carbons (Fsp3) is 0.111. The zero-order valence-corrected chi connectivity index (χ0v) is 8.96. The summed E-state index contributed by atoms with van der Waals surface area (Å²) in [6.45, 7) is 0. The lowest BCUT2D eigenvalue weighted by atomic mass is 10.2. The topological polar surface area (TPSA) is 55.0 Å². The summed E-state index contributed by atoms with van der Waals surface area (Å²) in [4.78, 5) is 18.0. The molecule has 0 saturated heterocycles. The molecule has 0 aliphatic carbocycles. The molecule has 0 unspecified atom stereocenters. The normalized spacial score (nSPS) is 10.4. The van der Waals surface area contributed by atoms with Crippen LogP contribution >= 0.6 is 15.9 Å². The fourth-order valence-corrected chi connectivity index (χ4v) is 1.77. The third-order valence-electron chi connectivity index (χ3n) is 1.91. The highest BCUT2D eigenvalue weighted by Crippen LogP contribution is 2.25. The minimum absolute atomic E-state index is 0.172. The van der Waals surface area contributed by atoms with E-state index in [4.69, 9.17) is 4.74 Å². The lowest BCUT2D eigenvalue weighted by molar-refractivity contribution is 0.415. The van der Waals surface area contributed by atoms with Crippen LogP contribution in [0.2, 0.25) is 0 Å². The van der Waals surface area contributed by atoms with Crippen molar-refractivity contribution < 1.29 is 4.74 Å². The van der Waals surface area contributed by atoms with E-state index in [0.717, 1.165) is 4.47 Å². The van der Waals surface area contributed by atoms with Crippen LogP contribution in [-0.2, 0) is 0 Å². The van der Waals surface area contributed by atoms with Crippen molar-refractivity contribution in [1.29, 1.82) is 0 Å². The number of nitrogens with one attached hydrogen (secondary N) is 1. The molecule has 0 spiro atoms. The van der Waals surface area contributed by atoms with Crippen molar-refractivity contribution in [2.45, 2.75) is 0 Å². The first kappa shape index (κ1) is 9.21. The number of methoxy groups -OCH3 is 1. The Hall–Kier alpha value is -1.36. The Morgan fingerprint density at radius 1 is 1.50 bits per heavy atom. The van der Waals surface area contributed by atoms with Crippen LogP contribution in [0.25, 0.3) is 10.9 Å². The second-order valence-corrected chi connectivity index (χ2v) is 3.59. The van der Waals surface area contributed by atoms with Gasteiger partial charge in [-0.15, -0.1) is 0 Å². The molecular formula is C9H7BrN2O2. The molecule has 2 rings (SSSR count). The lowest BCUT2D eigenvalue weighted by Crippen LogP contribution is -2.06. The van der Waals surface area contributed by atoms with E-state index in [1.54, 1.807) is 19.2 Å². The quantitative estimate of drug-likeness (QED) is 0.843. The summed E-state index contributed by atoms with van der Waals surface area (Å²) in [7, 11) is 1.55. The number of rotatable bonds is 1. The number of benzene rings is 1. The van der Waals surface area contributed by atoms with E-state index in [1.165, 1.54) is 6.33 Å². The standard InChI is InChI=1S/C9H7BrN2O2/c1-14-5-2-6-8(7(10)3-5)11-4-12-9(6)13/h2-4H,1H3,(H,11,12,13). The van der Waals surface area contributed by atoms with Gasteiger partial charge in [-0.2, -0.15) is 0 Å². The van der Waals surface area contributed by atoms with Gasteiger partial charge in [-0.25, -0.2) is 4.98 Å². The van der Waals surface area contributed by atoms with E-state index in [9.17, 15) is 4.79 Å². The number of nitrogens with zero attached hydrogens (tertiary/aromatic N) is 1. The van der Waals surface area contributed by atoms with Crippen molar-refractivity contribution in [3.8, 4) is 5.75 Å². The average molecular weight is 255 g/mol. The van der Waals surface area contributed by atoms with Crippen LogP contribution in [0.15, 0.2) is 27.7 Å². The number of hydrogen-bond donors (Lipinski definition) is 1. The van der Waals surface area contributed by atoms with Gasteiger partial charge in [0.1, 0.15) is 5.75 Å². The predicted octanol–water partition coefficient (Wildman–Crippen LogP) is 1.69. The van der Waals surface area contributed by atoms with Crippen LogP contribution in [0.5, 0.6) is 5.75 Å². The summed E-state index contributed by atoms with van der Waals surface area (Å²) in [5.41, 5.74) is 0.462. The van der Waals surface area contributed by atoms with Gasteiger partial charge in [0, 0.05) is 4.47 Å². The first-order chi connectivity index (χ1) is 6.72. The van der Waals surface area contributed by atoms with Crippen LogP contribution in [0.4, 0.5) is 0 Å². The molecule has 0 fully saturated rings. The Morgan fingerprint density at radius 3 is 3.00 bits per heavy atom. The summed E-state index contributed by atoms with van der Waals surface area (Å²) in [5, 5.41) is 0.513. The number of aromatic amines is 1. The molecule has 0 amide bonds. The highest BCUT2D eigenvalue weighted by Gasteiger charge is 2.05. The smallest absolute Gasteiger partial charge is 0.258 e. The van der Waals surface area contributed by atoms with Gasteiger partial charge in [-0.1, -0.05) is 0 Å². The maximum absolute atomic E-state index is 11.4. The van der Waals surface area contributed by atoms with Gasteiger partial charge >= 0.3 is 0 Å². The largest absolute Gasteiger partial charge is 0.497 e. The van der Waals surface area contributed by atoms with Gasteiger partial charge in [0.2, 0.25) is 0 Å². The number of H-pyrrole nitrogens is 1. The Bertz CT molecular complexity index is 536. The zero-order chi connectivity index (χ0) is 10.1. The Labute approximate surface area is 88.1 Å². The molecule has 0 bridgehead atoms.